The molecule has 6 heteroatoms. The molecular formula is C16H18FNO3S. The summed E-state index contributed by atoms with van der Waals surface area (Å²) in [5.74, 6) is -0.663. The normalized spacial score (nSPS) is 11.2. The summed E-state index contributed by atoms with van der Waals surface area (Å²) in [5.41, 5.74) is 1.90. The molecule has 0 heterocycles. The molecule has 0 fully saturated rings. The number of nitrogens with one attached hydrogen (secondary N) is 1. The molecular weight excluding hydrogens is 305 g/mol. The van der Waals surface area contributed by atoms with E-state index in [0.717, 1.165) is 11.6 Å². The maximum absolute atomic E-state index is 13.7. The Balaban J connectivity index is 2.11. The topological polar surface area (TPSA) is 55.4 Å². The summed E-state index contributed by atoms with van der Waals surface area (Å²) in [4.78, 5) is 0. The van der Waals surface area contributed by atoms with Gasteiger partial charge in [-0.05, 0) is 31.5 Å². The second-order valence-electron chi connectivity index (χ2n) is 4.92. The van der Waals surface area contributed by atoms with E-state index in [1.165, 1.54) is 12.1 Å². The molecule has 0 unspecified atom stereocenters. The van der Waals surface area contributed by atoms with Gasteiger partial charge >= 0.3 is 0 Å². The summed E-state index contributed by atoms with van der Waals surface area (Å²) in [6.45, 7) is 4.02. The summed E-state index contributed by atoms with van der Waals surface area (Å²) in [6.07, 6.45) is 0. The van der Waals surface area contributed by atoms with Crippen LogP contribution in [0, 0.1) is 12.7 Å². The monoisotopic (exact) mass is 323 g/mol. The zero-order valence-corrected chi connectivity index (χ0v) is 13.3. The standard InChI is InChI=1S/C16H18FNO3S/c1-3-21-16-9-8-14(10-15(16)17)18-22(19,20)11-13-6-4-12(2)5-7-13/h4-10,18H,3,11H2,1-2H3. The molecule has 2 rings (SSSR count). The number of hydrogen-bond donors (Lipinski definition) is 1. The van der Waals surface area contributed by atoms with Crippen LogP contribution < -0.4 is 9.46 Å². The van der Waals surface area contributed by atoms with Crippen LogP contribution >= 0.6 is 0 Å². The molecule has 0 amide bonds. The first-order chi connectivity index (χ1) is 10.4. The van der Waals surface area contributed by atoms with E-state index in [9.17, 15) is 12.8 Å². The lowest BCUT2D eigenvalue weighted by atomic mass is 10.2. The number of sulfonamides is 1. The van der Waals surface area contributed by atoms with E-state index < -0.39 is 15.8 Å². The van der Waals surface area contributed by atoms with Gasteiger partial charge in [0.1, 0.15) is 0 Å². The Kier molecular flexibility index (Phi) is 5.03. The summed E-state index contributed by atoms with van der Waals surface area (Å²) in [5, 5.41) is 0. The minimum absolute atomic E-state index is 0.101. The van der Waals surface area contributed by atoms with E-state index in [1.54, 1.807) is 19.1 Å². The molecule has 0 spiro atoms. The Morgan fingerprint density at radius 3 is 2.41 bits per heavy atom. The fourth-order valence-electron chi connectivity index (χ4n) is 1.96. The third-order valence-electron chi connectivity index (χ3n) is 2.98. The molecule has 1 N–H and O–H groups in total. The van der Waals surface area contributed by atoms with Gasteiger partial charge in [-0.2, -0.15) is 0 Å². The van der Waals surface area contributed by atoms with Gasteiger partial charge in [-0.25, -0.2) is 12.8 Å². The van der Waals surface area contributed by atoms with E-state index in [4.69, 9.17) is 4.74 Å². The molecule has 0 saturated carbocycles. The quantitative estimate of drug-likeness (QED) is 0.885. The molecule has 0 aliphatic carbocycles. The first kappa shape index (κ1) is 16.3. The number of hydrogen-bond acceptors (Lipinski definition) is 3. The lowest BCUT2D eigenvalue weighted by molar-refractivity contribution is 0.321. The number of benzene rings is 2. The van der Waals surface area contributed by atoms with Gasteiger partial charge in [0.15, 0.2) is 11.6 Å². The first-order valence-corrected chi connectivity index (χ1v) is 8.53. The van der Waals surface area contributed by atoms with E-state index >= 15 is 0 Å². The average Bonchev–Trinajstić information content (AvgIpc) is 2.44. The zero-order chi connectivity index (χ0) is 16.2. The molecule has 0 aliphatic rings. The van der Waals surface area contributed by atoms with Crippen LogP contribution in [0.25, 0.3) is 0 Å². The van der Waals surface area contributed by atoms with E-state index in [2.05, 4.69) is 4.72 Å². The van der Waals surface area contributed by atoms with Crippen LogP contribution in [0.4, 0.5) is 10.1 Å². The summed E-state index contributed by atoms with van der Waals surface area (Å²) >= 11 is 0. The Morgan fingerprint density at radius 1 is 1.14 bits per heavy atom. The van der Waals surface area contributed by atoms with Crippen molar-refractivity contribution in [2.75, 3.05) is 11.3 Å². The Hall–Kier alpha value is -2.08. The zero-order valence-electron chi connectivity index (χ0n) is 12.5. The Labute approximate surface area is 130 Å². The largest absolute Gasteiger partial charge is 0.491 e. The highest BCUT2D eigenvalue weighted by molar-refractivity contribution is 7.91. The van der Waals surface area contributed by atoms with Crippen molar-refractivity contribution in [1.82, 2.24) is 0 Å². The molecule has 2 aromatic carbocycles. The highest BCUT2D eigenvalue weighted by atomic mass is 32.2. The minimum atomic E-state index is -3.60. The van der Waals surface area contributed by atoms with Gasteiger partial charge < -0.3 is 4.74 Å². The second kappa shape index (κ2) is 6.79. The smallest absolute Gasteiger partial charge is 0.236 e. The van der Waals surface area contributed by atoms with Crippen LogP contribution in [0.3, 0.4) is 0 Å². The van der Waals surface area contributed by atoms with Gasteiger partial charge in [-0.15, -0.1) is 0 Å². The maximum Gasteiger partial charge on any atom is 0.236 e. The van der Waals surface area contributed by atoms with Crippen molar-refractivity contribution in [1.29, 1.82) is 0 Å². The third kappa shape index (κ3) is 4.46. The Bertz CT molecular complexity index is 742. The summed E-state index contributed by atoms with van der Waals surface area (Å²) in [6, 6.07) is 11.2. The van der Waals surface area contributed by atoms with Gasteiger partial charge in [0.2, 0.25) is 10.0 Å². The average molecular weight is 323 g/mol. The van der Waals surface area contributed by atoms with Crippen molar-refractivity contribution in [2.45, 2.75) is 19.6 Å². The van der Waals surface area contributed by atoms with Crippen LogP contribution in [0.5, 0.6) is 5.75 Å². The molecule has 0 radical (unpaired) electrons. The highest BCUT2D eigenvalue weighted by Gasteiger charge is 2.13. The van der Waals surface area contributed by atoms with E-state index in [-0.39, 0.29) is 17.2 Å². The number of aryl methyl sites for hydroxylation is 1. The summed E-state index contributed by atoms with van der Waals surface area (Å²) < 4.78 is 45.4. The van der Waals surface area contributed by atoms with Crippen LogP contribution in [0.15, 0.2) is 42.5 Å². The van der Waals surface area contributed by atoms with Gasteiger partial charge in [0, 0.05) is 6.07 Å². The van der Waals surface area contributed by atoms with Crippen molar-refractivity contribution in [3.8, 4) is 5.75 Å². The minimum Gasteiger partial charge on any atom is -0.491 e. The van der Waals surface area contributed by atoms with Gasteiger partial charge in [0.25, 0.3) is 0 Å². The highest BCUT2D eigenvalue weighted by Crippen LogP contribution is 2.22. The van der Waals surface area contributed by atoms with Crippen molar-refractivity contribution >= 4 is 15.7 Å². The van der Waals surface area contributed by atoms with Crippen LogP contribution in [-0.4, -0.2) is 15.0 Å². The van der Waals surface area contributed by atoms with Crippen molar-refractivity contribution < 1.29 is 17.5 Å². The molecule has 0 atom stereocenters. The molecule has 0 aromatic heterocycles. The second-order valence-corrected chi connectivity index (χ2v) is 6.65. The van der Waals surface area contributed by atoms with E-state index in [0.29, 0.717) is 12.2 Å². The number of rotatable bonds is 6. The van der Waals surface area contributed by atoms with Gasteiger partial charge in [-0.3, -0.25) is 4.72 Å². The molecule has 4 nitrogen and oxygen atoms in total. The fourth-order valence-corrected chi connectivity index (χ4v) is 3.15. The maximum atomic E-state index is 13.7. The molecule has 22 heavy (non-hydrogen) atoms. The molecule has 118 valence electrons. The summed E-state index contributed by atoms with van der Waals surface area (Å²) in [7, 11) is -3.60. The van der Waals surface area contributed by atoms with E-state index in [1.807, 2.05) is 19.1 Å². The van der Waals surface area contributed by atoms with Crippen LogP contribution in [-0.2, 0) is 15.8 Å². The predicted molar refractivity (Wildman–Crippen MR) is 85.0 cm³/mol. The first-order valence-electron chi connectivity index (χ1n) is 6.88. The SMILES string of the molecule is CCOc1ccc(NS(=O)(=O)Cc2ccc(C)cc2)cc1F. The number of ether oxygens (including phenoxy) is 1. The predicted octanol–water partition coefficient (Wildman–Crippen LogP) is 3.47. The Morgan fingerprint density at radius 2 is 1.82 bits per heavy atom. The van der Waals surface area contributed by atoms with Crippen molar-refractivity contribution in [3.05, 3.63) is 59.4 Å². The van der Waals surface area contributed by atoms with Crippen molar-refractivity contribution in [3.63, 3.8) is 0 Å². The number of halogens is 1. The fraction of sp³-hybridized carbons (Fsp3) is 0.250. The molecule has 0 saturated heterocycles. The lowest BCUT2D eigenvalue weighted by Crippen LogP contribution is -2.15. The van der Waals surface area contributed by atoms with Crippen LogP contribution in [0.2, 0.25) is 0 Å². The third-order valence-corrected chi connectivity index (χ3v) is 4.24. The van der Waals surface area contributed by atoms with Crippen molar-refractivity contribution in [2.24, 2.45) is 0 Å². The van der Waals surface area contributed by atoms with Gasteiger partial charge in [-0.1, -0.05) is 29.8 Å². The van der Waals surface area contributed by atoms with Gasteiger partial charge in [0.05, 0.1) is 18.0 Å². The molecule has 0 aliphatic heterocycles. The molecule has 0 bridgehead atoms. The lowest BCUT2D eigenvalue weighted by Gasteiger charge is -2.10. The number of anilines is 1. The molecule has 2 aromatic rings. The van der Waals surface area contributed by atoms with Crippen LogP contribution in [0.1, 0.15) is 18.1 Å².